The first kappa shape index (κ1) is 17.4. The van der Waals surface area contributed by atoms with Gasteiger partial charge in [-0.15, -0.1) is 0 Å². The van der Waals surface area contributed by atoms with E-state index < -0.39 is 0 Å². The molecule has 0 atom stereocenters. The van der Waals surface area contributed by atoms with Crippen molar-refractivity contribution in [1.29, 1.82) is 0 Å². The molecule has 0 bridgehead atoms. The van der Waals surface area contributed by atoms with Crippen molar-refractivity contribution in [2.24, 2.45) is 0 Å². The minimum atomic E-state index is -0.187. The van der Waals surface area contributed by atoms with Crippen molar-refractivity contribution >= 4 is 16.3 Å². The molecule has 0 fully saturated rings. The summed E-state index contributed by atoms with van der Waals surface area (Å²) in [4.78, 5) is 10.4. The van der Waals surface area contributed by atoms with E-state index in [1.807, 2.05) is 24.4 Å². The molecule has 1 N–H and O–H groups in total. The van der Waals surface area contributed by atoms with Crippen molar-refractivity contribution in [2.75, 3.05) is 11.4 Å². The highest BCUT2D eigenvalue weighted by molar-refractivity contribution is 7.18. The molecule has 25 heavy (non-hydrogen) atoms. The minimum absolute atomic E-state index is 0.0246. The van der Waals surface area contributed by atoms with E-state index in [9.17, 15) is 9.50 Å². The number of unbranched alkanes of at least 4 members (excludes halogenated alkanes) is 1. The summed E-state index contributed by atoms with van der Waals surface area (Å²) in [6, 6.07) is 10.3. The summed E-state index contributed by atoms with van der Waals surface area (Å²) in [5.74, 6) is -0.212. The van der Waals surface area contributed by atoms with E-state index in [4.69, 9.17) is 0 Å². The van der Waals surface area contributed by atoms with Gasteiger partial charge in [0.05, 0.1) is 6.20 Å². The van der Waals surface area contributed by atoms with Crippen LogP contribution in [-0.4, -0.2) is 21.6 Å². The predicted molar refractivity (Wildman–Crippen MR) is 99.4 cm³/mol. The molecule has 0 aliphatic rings. The number of hydrogen-bond donors (Lipinski definition) is 1. The predicted octanol–water partition coefficient (Wildman–Crippen LogP) is 4.86. The maximum Gasteiger partial charge on any atom is 0.211 e. The molecule has 3 rings (SSSR count). The van der Waals surface area contributed by atoms with Gasteiger partial charge in [0, 0.05) is 36.5 Å². The topological polar surface area (TPSA) is 49.2 Å². The zero-order chi connectivity index (χ0) is 17.6. The number of hydrogen-bond acceptors (Lipinski definition) is 5. The molecule has 6 heteroatoms. The first-order chi connectivity index (χ1) is 12.2. The molecular formula is C19H20FN3OS. The molecule has 0 saturated carbocycles. The number of rotatable bonds is 7. The first-order valence-corrected chi connectivity index (χ1v) is 9.08. The minimum Gasteiger partial charge on any atom is -0.493 e. The lowest BCUT2D eigenvalue weighted by atomic mass is 10.2. The van der Waals surface area contributed by atoms with Crippen LogP contribution in [0, 0.1) is 5.82 Å². The van der Waals surface area contributed by atoms with E-state index in [-0.39, 0.29) is 11.7 Å². The standard InChI is InChI=1S/C19H20FN3OS/c1-2-3-10-23(13-15-6-4-5-7-16(15)20)18-12-22-19(25-18)14-8-9-21-17(24)11-14/h4-9,11-12H,2-3,10,13H2,1H3,(H,21,24). The summed E-state index contributed by atoms with van der Waals surface area (Å²) < 4.78 is 14.0. The van der Waals surface area contributed by atoms with Crippen molar-refractivity contribution in [3.05, 3.63) is 60.2 Å². The Labute approximate surface area is 150 Å². The number of aromatic nitrogens is 2. The highest BCUT2D eigenvalue weighted by Gasteiger charge is 2.14. The van der Waals surface area contributed by atoms with E-state index in [1.54, 1.807) is 18.3 Å². The molecule has 3 aromatic rings. The van der Waals surface area contributed by atoms with Gasteiger partial charge in [-0.1, -0.05) is 42.9 Å². The molecule has 0 radical (unpaired) electrons. The Morgan fingerprint density at radius 1 is 1.20 bits per heavy atom. The van der Waals surface area contributed by atoms with Crippen LogP contribution in [0.15, 0.2) is 48.8 Å². The molecule has 0 amide bonds. The second kappa shape index (κ2) is 8.07. The first-order valence-electron chi connectivity index (χ1n) is 8.27. The maximum atomic E-state index is 14.0. The van der Waals surface area contributed by atoms with E-state index in [0.717, 1.165) is 35.0 Å². The zero-order valence-electron chi connectivity index (χ0n) is 14.0. The van der Waals surface area contributed by atoms with Crippen LogP contribution in [0.25, 0.3) is 10.6 Å². The summed E-state index contributed by atoms with van der Waals surface area (Å²) in [6.45, 7) is 3.49. The van der Waals surface area contributed by atoms with Crippen molar-refractivity contribution in [3.8, 4) is 16.5 Å². The highest BCUT2D eigenvalue weighted by Crippen LogP contribution is 2.33. The molecule has 0 saturated heterocycles. The monoisotopic (exact) mass is 357 g/mol. The van der Waals surface area contributed by atoms with Gasteiger partial charge in [-0.2, -0.15) is 0 Å². The second-order valence-electron chi connectivity index (χ2n) is 5.77. The molecular weight excluding hydrogens is 337 g/mol. The van der Waals surface area contributed by atoms with E-state index in [1.165, 1.54) is 17.4 Å². The Balaban J connectivity index is 1.85. The van der Waals surface area contributed by atoms with Gasteiger partial charge < -0.3 is 10.0 Å². The number of halogens is 1. The molecule has 2 heterocycles. The van der Waals surface area contributed by atoms with Gasteiger partial charge in [0.1, 0.15) is 15.8 Å². The van der Waals surface area contributed by atoms with E-state index in [0.29, 0.717) is 12.1 Å². The van der Waals surface area contributed by atoms with Crippen molar-refractivity contribution in [2.45, 2.75) is 26.3 Å². The number of benzene rings is 1. The molecule has 130 valence electrons. The van der Waals surface area contributed by atoms with Crippen LogP contribution in [0.1, 0.15) is 25.3 Å². The molecule has 2 aromatic heterocycles. The lowest BCUT2D eigenvalue weighted by Crippen LogP contribution is -2.23. The summed E-state index contributed by atoms with van der Waals surface area (Å²) in [6.07, 6.45) is 5.46. The quantitative estimate of drug-likeness (QED) is 0.656. The van der Waals surface area contributed by atoms with Crippen LogP contribution < -0.4 is 4.90 Å². The number of pyridine rings is 1. The van der Waals surface area contributed by atoms with Crippen LogP contribution in [-0.2, 0) is 6.54 Å². The van der Waals surface area contributed by atoms with Gasteiger partial charge >= 0.3 is 0 Å². The summed E-state index contributed by atoms with van der Waals surface area (Å²) in [5.41, 5.74) is 1.50. The fourth-order valence-electron chi connectivity index (χ4n) is 2.55. The molecule has 0 aliphatic carbocycles. The van der Waals surface area contributed by atoms with Gasteiger partial charge in [0.2, 0.25) is 5.88 Å². The fourth-order valence-corrected chi connectivity index (χ4v) is 3.48. The third kappa shape index (κ3) is 4.33. The van der Waals surface area contributed by atoms with Crippen LogP contribution in [0.2, 0.25) is 0 Å². The Morgan fingerprint density at radius 3 is 2.80 bits per heavy atom. The third-order valence-electron chi connectivity index (χ3n) is 3.90. The van der Waals surface area contributed by atoms with Gasteiger partial charge in [-0.3, -0.25) is 0 Å². The van der Waals surface area contributed by atoms with E-state index in [2.05, 4.69) is 21.8 Å². The summed E-state index contributed by atoms with van der Waals surface area (Å²) >= 11 is 1.53. The molecule has 1 aromatic carbocycles. The van der Waals surface area contributed by atoms with Crippen LogP contribution in [0.5, 0.6) is 5.88 Å². The van der Waals surface area contributed by atoms with Gasteiger partial charge in [0.15, 0.2) is 0 Å². The van der Waals surface area contributed by atoms with Gasteiger partial charge in [0.25, 0.3) is 0 Å². The Morgan fingerprint density at radius 2 is 2.04 bits per heavy atom. The molecule has 0 unspecified atom stereocenters. The third-order valence-corrected chi connectivity index (χ3v) is 5.01. The van der Waals surface area contributed by atoms with Crippen molar-refractivity contribution in [1.82, 2.24) is 9.97 Å². The average molecular weight is 357 g/mol. The summed E-state index contributed by atoms with van der Waals surface area (Å²) in [5, 5.41) is 11.3. The van der Waals surface area contributed by atoms with Crippen LogP contribution in [0.4, 0.5) is 9.39 Å². The van der Waals surface area contributed by atoms with E-state index >= 15 is 0 Å². The summed E-state index contributed by atoms with van der Waals surface area (Å²) in [7, 11) is 0. The van der Waals surface area contributed by atoms with Crippen molar-refractivity contribution in [3.63, 3.8) is 0 Å². The van der Waals surface area contributed by atoms with Crippen LogP contribution >= 0.6 is 11.3 Å². The van der Waals surface area contributed by atoms with Crippen LogP contribution in [0.3, 0.4) is 0 Å². The fraction of sp³-hybridized carbons (Fsp3) is 0.263. The SMILES string of the molecule is CCCCN(Cc1ccccc1F)c1cnc(-c2ccnc(O)c2)s1. The normalized spacial score (nSPS) is 10.8. The Hall–Kier alpha value is -2.47. The number of anilines is 1. The molecule has 0 spiro atoms. The number of nitrogens with zero attached hydrogens (tertiary/aromatic N) is 3. The van der Waals surface area contributed by atoms with Gasteiger partial charge in [-0.05, 0) is 18.6 Å². The van der Waals surface area contributed by atoms with Crippen molar-refractivity contribution < 1.29 is 9.50 Å². The van der Waals surface area contributed by atoms with Gasteiger partial charge in [-0.25, -0.2) is 14.4 Å². The maximum absolute atomic E-state index is 14.0. The molecule has 0 aliphatic heterocycles. The smallest absolute Gasteiger partial charge is 0.211 e. The zero-order valence-corrected chi connectivity index (χ0v) is 14.8. The highest BCUT2D eigenvalue weighted by atomic mass is 32.1. The Kier molecular flexibility index (Phi) is 5.60. The Bertz CT molecular complexity index is 837. The number of aromatic hydroxyl groups is 1. The molecule has 4 nitrogen and oxygen atoms in total. The lowest BCUT2D eigenvalue weighted by Gasteiger charge is -2.22. The lowest BCUT2D eigenvalue weighted by molar-refractivity contribution is 0.454. The number of thiazole rings is 1. The largest absolute Gasteiger partial charge is 0.493 e. The average Bonchev–Trinajstić information content (AvgIpc) is 3.10. The second-order valence-corrected chi connectivity index (χ2v) is 6.78.